The number of hydrogen-bond acceptors (Lipinski definition) is 0. The van der Waals surface area contributed by atoms with Gasteiger partial charge >= 0.3 is 0 Å². The zero-order valence-corrected chi connectivity index (χ0v) is 12.3. The van der Waals surface area contributed by atoms with Gasteiger partial charge in [0, 0.05) is 5.92 Å². The van der Waals surface area contributed by atoms with Gasteiger partial charge in [-0.05, 0) is 43.4 Å². The molecule has 0 heterocycles. The third kappa shape index (κ3) is 3.28. The lowest BCUT2D eigenvalue weighted by molar-refractivity contribution is 0.288. The summed E-state index contributed by atoms with van der Waals surface area (Å²) in [4.78, 5) is 0. The average Bonchev–Trinajstić information content (AvgIpc) is 2.40. The molecule has 0 N–H and O–H groups in total. The lowest BCUT2D eigenvalue weighted by Gasteiger charge is -2.35. The van der Waals surface area contributed by atoms with Gasteiger partial charge in [-0.1, -0.05) is 57.3 Å². The van der Waals surface area contributed by atoms with Crippen LogP contribution in [0.2, 0.25) is 0 Å². The maximum absolute atomic E-state index is 4.15. The van der Waals surface area contributed by atoms with Crippen molar-refractivity contribution in [1.82, 2.24) is 0 Å². The van der Waals surface area contributed by atoms with E-state index >= 15 is 0 Å². The van der Waals surface area contributed by atoms with Gasteiger partial charge in [-0.3, -0.25) is 0 Å². The van der Waals surface area contributed by atoms with Crippen LogP contribution in [0.15, 0.2) is 24.3 Å². The molecular weight excluding hydrogens is 216 g/mol. The SMILES string of the molecule is C=CC(C1=CC(C)CC(CC)C1)C1CCCCC1. The van der Waals surface area contributed by atoms with Gasteiger partial charge in [0.05, 0.1) is 0 Å². The molecule has 2 rings (SSSR count). The molecule has 3 atom stereocenters. The molecule has 0 aliphatic heterocycles. The fourth-order valence-corrected chi connectivity index (χ4v) is 4.14. The Kier molecular flexibility index (Phi) is 5.09. The fraction of sp³-hybridized carbons (Fsp3) is 0.778. The van der Waals surface area contributed by atoms with E-state index in [1.54, 1.807) is 5.57 Å². The van der Waals surface area contributed by atoms with Gasteiger partial charge in [0.25, 0.3) is 0 Å². The lowest BCUT2D eigenvalue weighted by Crippen LogP contribution is -2.23. The van der Waals surface area contributed by atoms with Crippen LogP contribution in [0.3, 0.4) is 0 Å². The quantitative estimate of drug-likeness (QED) is 0.554. The van der Waals surface area contributed by atoms with E-state index in [4.69, 9.17) is 0 Å². The van der Waals surface area contributed by atoms with Crippen molar-refractivity contribution in [2.24, 2.45) is 23.7 Å². The van der Waals surface area contributed by atoms with Gasteiger partial charge in [0.2, 0.25) is 0 Å². The summed E-state index contributed by atoms with van der Waals surface area (Å²) in [6.07, 6.45) is 16.1. The summed E-state index contributed by atoms with van der Waals surface area (Å²) in [7, 11) is 0. The van der Waals surface area contributed by atoms with E-state index in [1.165, 1.54) is 51.4 Å². The molecular formula is C18H30. The van der Waals surface area contributed by atoms with E-state index < -0.39 is 0 Å². The van der Waals surface area contributed by atoms with E-state index in [2.05, 4.69) is 32.6 Å². The Hall–Kier alpha value is -0.520. The zero-order valence-electron chi connectivity index (χ0n) is 12.3. The van der Waals surface area contributed by atoms with Crippen molar-refractivity contribution in [1.29, 1.82) is 0 Å². The first-order valence-corrected chi connectivity index (χ1v) is 8.07. The molecule has 3 unspecified atom stereocenters. The van der Waals surface area contributed by atoms with Crippen molar-refractivity contribution >= 4 is 0 Å². The van der Waals surface area contributed by atoms with Crippen molar-refractivity contribution in [2.45, 2.75) is 65.2 Å². The van der Waals surface area contributed by atoms with Crippen LogP contribution in [0.4, 0.5) is 0 Å². The van der Waals surface area contributed by atoms with Gasteiger partial charge < -0.3 is 0 Å². The van der Waals surface area contributed by atoms with Crippen LogP contribution in [0.25, 0.3) is 0 Å². The first-order chi connectivity index (χ1) is 8.74. The standard InChI is InChI=1S/C18H30/c1-4-15-11-14(3)12-17(13-15)18(5-2)16-9-7-6-8-10-16/h5,12,14-16,18H,2,4,6-11,13H2,1,3H3. The molecule has 0 aromatic rings. The molecule has 2 aliphatic rings. The molecule has 0 aromatic heterocycles. The highest BCUT2D eigenvalue weighted by molar-refractivity contribution is 5.18. The molecule has 0 aromatic carbocycles. The van der Waals surface area contributed by atoms with Crippen molar-refractivity contribution in [2.75, 3.05) is 0 Å². The Labute approximate surface area is 114 Å². The van der Waals surface area contributed by atoms with Crippen LogP contribution in [0.5, 0.6) is 0 Å². The fourth-order valence-electron chi connectivity index (χ4n) is 4.14. The molecule has 1 saturated carbocycles. The summed E-state index contributed by atoms with van der Waals surface area (Å²) >= 11 is 0. The summed E-state index contributed by atoms with van der Waals surface area (Å²) < 4.78 is 0. The zero-order chi connectivity index (χ0) is 13.0. The average molecular weight is 246 g/mol. The third-order valence-corrected chi connectivity index (χ3v) is 5.15. The minimum Gasteiger partial charge on any atom is -0.102 e. The van der Waals surface area contributed by atoms with Gasteiger partial charge in [0.1, 0.15) is 0 Å². The van der Waals surface area contributed by atoms with E-state index in [0.29, 0.717) is 5.92 Å². The molecule has 0 saturated heterocycles. The molecule has 0 spiro atoms. The van der Waals surface area contributed by atoms with E-state index in [9.17, 15) is 0 Å². The maximum Gasteiger partial charge on any atom is 0.000253 e. The number of allylic oxidation sites excluding steroid dienone is 3. The molecule has 0 radical (unpaired) electrons. The minimum absolute atomic E-state index is 0.682. The van der Waals surface area contributed by atoms with Crippen LogP contribution in [0, 0.1) is 23.7 Å². The highest BCUT2D eigenvalue weighted by atomic mass is 14.3. The van der Waals surface area contributed by atoms with Crippen LogP contribution < -0.4 is 0 Å². The summed E-state index contributed by atoms with van der Waals surface area (Å²) in [5, 5.41) is 0. The second kappa shape index (κ2) is 6.59. The monoisotopic (exact) mass is 246 g/mol. The van der Waals surface area contributed by atoms with Crippen molar-refractivity contribution in [3.63, 3.8) is 0 Å². The summed E-state index contributed by atoms with van der Waals surface area (Å²) in [5.41, 5.74) is 1.72. The molecule has 0 nitrogen and oxygen atoms in total. The molecule has 0 heteroatoms. The van der Waals surface area contributed by atoms with Crippen molar-refractivity contribution in [3.05, 3.63) is 24.3 Å². The molecule has 1 fully saturated rings. The van der Waals surface area contributed by atoms with Crippen molar-refractivity contribution in [3.8, 4) is 0 Å². The Morgan fingerprint density at radius 1 is 1.33 bits per heavy atom. The highest BCUT2D eigenvalue weighted by Gasteiger charge is 2.28. The van der Waals surface area contributed by atoms with Crippen LogP contribution in [-0.2, 0) is 0 Å². The van der Waals surface area contributed by atoms with Crippen LogP contribution >= 0.6 is 0 Å². The molecule has 102 valence electrons. The Balaban J connectivity index is 2.08. The van der Waals surface area contributed by atoms with Crippen LogP contribution in [-0.4, -0.2) is 0 Å². The summed E-state index contributed by atoms with van der Waals surface area (Å²) in [6.45, 7) is 8.89. The van der Waals surface area contributed by atoms with Crippen LogP contribution in [0.1, 0.15) is 65.2 Å². The first-order valence-electron chi connectivity index (χ1n) is 8.07. The third-order valence-electron chi connectivity index (χ3n) is 5.15. The lowest BCUT2D eigenvalue weighted by atomic mass is 9.71. The predicted octanol–water partition coefficient (Wildman–Crippen LogP) is 5.75. The molecule has 0 bridgehead atoms. The predicted molar refractivity (Wildman–Crippen MR) is 80.5 cm³/mol. The summed E-state index contributed by atoms with van der Waals surface area (Å²) in [5.74, 6) is 3.28. The largest absolute Gasteiger partial charge is 0.102 e. The Bertz CT molecular complexity index is 293. The van der Waals surface area contributed by atoms with Crippen molar-refractivity contribution < 1.29 is 0 Å². The smallest absolute Gasteiger partial charge is 0.000253 e. The van der Waals surface area contributed by atoms with Gasteiger partial charge in [0.15, 0.2) is 0 Å². The second-order valence-electron chi connectivity index (χ2n) is 6.59. The first kappa shape index (κ1) is 13.9. The maximum atomic E-state index is 4.15. The van der Waals surface area contributed by atoms with Gasteiger partial charge in [-0.2, -0.15) is 0 Å². The van der Waals surface area contributed by atoms with Gasteiger partial charge in [-0.15, -0.1) is 6.58 Å². The Morgan fingerprint density at radius 2 is 2.06 bits per heavy atom. The van der Waals surface area contributed by atoms with Gasteiger partial charge in [-0.25, -0.2) is 0 Å². The summed E-state index contributed by atoms with van der Waals surface area (Å²) in [6, 6.07) is 0. The second-order valence-corrected chi connectivity index (χ2v) is 6.59. The normalized spacial score (nSPS) is 31.8. The van der Waals surface area contributed by atoms with E-state index in [1.807, 2.05) is 0 Å². The van der Waals surface area contributed by atoms with E-state index in [0.717, 1.165) is 17.8 Å². The number of hydrogen-bond donors (Lipinski definition) is 0. The topological polar surface area (TPSA) is 0 Å². The molecule has 2 aliphatic carbocycles. The number of rotatable bonds is 4. The molecule has 18 heavy (non-hydrogen) atoms. The minimum atomic E-state index is 0.682. The van der Waals surface area contributed by atoms with E-state index in [-0.39, 0.29) is 0 Å². The Morgan fingerprint density at radius 3 is 2.67 bits per heavy atom. The highest BCUT2D eigenvalue weighted by Crippen LogP contribution is 2.40. The molecule has 0 amide bonds.